The molecule has 0 unspecified atom stereocenters. The zero-order valence-corrected chi connectivity index (χ0v) is 10.8. The number of nitrogens with one attached hydrogen (secondary N) is 3. The number of rotatable bonds is 6. The Kier molecular flexibility index (Phi) is 6.72. The van der Waals surface area contributed by atoms with Crippen molar-refractivity contribution in [3.05, 3.63) is 0 Å². The Morgan fingerprint density at radius 1 is 1.12 bits per heavy atom. The summed E-state index contributed by atoms with van der Waals surface area (Å²) in [6.07, 6.45) is 0. The van der Waals surface area contributed by atoms with Crippen LogP contribution in [0, 0.1) is 5.92 Å². The summed E-state index contributed by atoms with van der Waals surface area (Å²) in [5.41, 5.74) is 0. The molecule has 0 rings (SSSR count). The highest BCUT2D eigenvalue weighted by atomic mass is 16.2. The second-order valence-electron chi connectivity index (χ2n) is 4.12. The van der Waals surface area contributed by atoms with Gasteiger partial charge in [-0.2, -0.15) is 0 Å². The third-order valence-electron chi connectivity index (χ3n) is 2.37. The van der Waals surface area contributed by atoms with Gasteiger partial charge >= 0.3 is 0 Å². The average molecular weight is 229 g/mol. The van der Waals surface area contributed by atoms with Crippen molar-refractivity contribution in [2.24, 2.45) is 5.92 Å². The van der Waals surface area contributed by atoms with Crippen LogP contribution >= 0.6 is 0 Å². The van der Waals surface area contributed by atoms with Crippen molar-refractivity contribution < 1.29 is 9.59 Å². The van der Waals surface area contributed by atoms with Gasteiger partial charge in [0.15, 0.2) is 0 Å². The Bertz CT molecular complexity index is 241. The van der Waals surface area contributed by atoms with E-state index in [4.69, 9.17) is 0 Å². The van der Waals surface area contributed by atoms with E-state index < -0.39 is 6.04 Å². The van der Waals surface area contributed by atoms with Crippen molar-refractivity contribution in [2.75, 3.05) is 13.6 Å². The predicted molar refractivity (Wildman–Crippen MR) is 64.0 cm³/mol. The first kappa shape index (κ1) is 14.9. The van der Waals surface area contributed by atoms with Crippen molar-refractivity contribution in [2.45, 2.75) is 39.8 Å². The van der Waals surface area contributed by atoms with Gasteiger partial charge in [-0.05, 0) is 19.4 Å². The van der Waals surface area contributed by atoms with Gasteiger partial charge in [-0.25, -0.2) is 0 Å². The molecule has 0 aliphatic rings. The molecule has 0 saturated carbocycles. The van der Waals surface area contributed by atoms with E-state index in [2.05, 4.69) is 16.0 Å². The van der Waals surface area contributed by atoms with Crippen molar-refractivity contribution >= 4 is 11.8 Å². The third kappa shape index (κ3) is 4.61. The molecule has 5 heteroatoms. The van der Waals surface area contributed by atoms with Crippen LogP contribution in [0.25, 0.3) is 0 Å². The van der Waals surface area contributed by atoms with Gasteiger partial charge in [0.2, 0.25) is 11.8 Å². The van der Waals surface area contributed by atoms with E-state index in [1.165, 1.54) is 0 Å². The first-order valence-electron chi connectivity index (χ1n) is 5.69. The second-order valence-corrected chi connectivity index (χ2v) is 4.12. The quantitative estimate of drug-likeness (QED) is 0.594. The van der Waals surface area contributed by atoms with E-state index in [0.29, 0.717) is 0 Å². The number of likely N-dealkylation sites (N-methyl/N-ethyl adjacent to an activating group) is 2. The van der Waals surface area contributed by atoms with Gasteiger partial charge in [0, 0.05) is 7.05 Å². The van der Waals surface area contributed by atoms with Crippen LogP contribution in [0.5, 0.6) is 0 Å². The Balaban J connectivity index is 4.35. The number of carbonyl (C=O) groups is 2. The zero-order valence-electron chi connectivity index (χ0n) is 10.8. The maximum atomic E-state index is 11.9. The molecule has 0 aromatic rings. The largest absolute Gasteiger partial charge is 0.357 e. The highest BCUT2D eigenvalue weighted by Crippen LogP contribution is 2.01. The van der Waals surface area contributed by atoms with Gasteiger partial charge in [0.1, 0.15) is 6.04 Å². The van der Waals surface area contributed by atoms with Gasteiger partial charge in [-0.3, -0.25) is 9.59 Å². The SMILES string of the molecule is CCN[C@H](C(=O)N[C@@H](C)C(=O)NC)C(C)C. The van der Waals surface area contributed by atoms with E-state index in [-0.39, 0.29) is 23.8 Å². The summed E-state index contributed by atoms with van der Waals surface area (Å²) in [6, 6.07) is -0.755. The molecule has 0 aromatic heterocycles. The molecular weight excluding hydrogens is 206 g/mol. The molecule has 2 amide bonds. The molecule has 0 heterocycles. The molecule has 94 valence electrons. The van der Waals surface area contributed by atoms with Gasteiger partial charge in [-0.15, -0.1) is 0 Å². The molecule has 3 N–H and O–H groups in total. The Hall–Kier alpha value is -1.10. The summed E-state index contributed by atoms with van der Waals surface area (Å²) in [4.78, 5) is 23.1. The molecule has 2 atom stereocenters. The molecule has 16 heavy (non-hydrogen) atoms. The van der Waals surface area contributed by atoms with Crippen LogP contribution in [-0.2, 0) is 9.59 Å². The van der Waals surface area contributed by atoms with E-state index in [0.717, 1.165) is 6.54 Å². The van der Waals surface area contributed by atoms with E-state index in [1.807, 2.05) is 20.8 Å². The Morgan fingerprint density at radius 3 is 2.06 bits per heavy atom. The molecule has 0 aromatic carbocycles. The van der Waals surface area contributed by atoms with E-state index in [9.17, 15) is 9.59 Å². The summed E-state index contributed by atoms with van der Waals surface area (Å²) in [5.74, 6) is -0.128. The standard InChI is InChI=1S/C11H23N3O2/c1-6-13-9(7(2)3)11(16)14-8(4)10(15)12-5/h7-9,13H,6H2,1-5H3,(H,12,15)(H,14,16)/t8-,9-/m0/s1. The van der Waals surface area contributed by atoms with Crippen molar-refractivity contribution in [3.8, 4) is 0 Å². The number of hydrogen-bond acceptors (Lipinski definition) is 3. The highest BCUT2D eigenvalue weighted by molar-refractivity contribution is 5.89. The normalized spacial score (nSPS) is 14.4. The minimum atomic E-state index is -0.502. The van der Waals surface area contributed by atoms with Crippen LogP contribution in [0.4, 0.5) is 0 Å². The maximum Gasteiger partial charge on any atom is 0.242 e. The van der Waals surface area contributed by atoms with Crippen LogP contribution in [-0.4, -0.2) is 37.5 Å². The van der Waals surface area contributed by atoms with Crippen LogP contribution < -0.4 is 16.0 Å². The minimum Gasteiger partial charge on any atom is -0.357 e. The molecule has 0 fully saturated rings. The summed E-state index contributed by atoms with van der Waals surface area (Å²) in [7, 11) is 1.55. The minimum absolute atomic E-state index is 0.132. The molecule has 5 nitrogen and oxygen atoms in total. The van der Waals surface area contributed by atoms with Crippen LogP contribution in [0.3, 0.4) is 0 Å². The molecule has 0 aliphatic carbocycles. The lowest BCUT2D eigenvalue weighted by atomic mass is 10.0. The molecule has 0 aliphatic heterocycles. The van der Waals surface area contributed by atoms with Crippen LogP contribution in [0.1, 0.15) is 27.7 Å². The van der Waals surface area contributed by atoms with Gasteiger partial charge in [-0.1, -0.05) is 20.8 Å². The van der Waals surface area contributed by atoms with Crippen LogP contribution in [0.15, 0.2) is 0 Å². The number of amides is 2. The van der Waals surface area contributed by atoms with Crippen LogP contribution in [0.2, 0.25) is 0 Å². The third-order valence-corrected chi connectivity index (χ3v) is 2.37. The van der Waals surface area contributed by atoms with E-state index in [1.54, 1.807) is 14.0 Å². The van der Waals surface area contributed by atoms with Crippen molar-refractivity contribution in [1.29, 1.82) is 0 Å². The number of hydrogen-bond donors (Lipinski definition) is 3. The molecular formula is C11H23N3O2. The predicted octanol–water partition coefficient (Wildman–Crippen LogP) is -0.129. The zero-order chi connectivity index (χ0) is 12.7. The first-order chi connectivity index (χ1) is 7.43. The highest BCUT2D eigenvalue weighted by Gasteiger charge is 2.23. The monoisotopic (exact) mass is 229 g/mol. The Morgan fingerprint density at radius 2 is 1.69 bits per heavy atom. The number of carbonyl (C=O) groups excluding carboxylic acids is 2. The van der Waals surface area contributed by atoms with Crippen molar-refractivity contribution in [3.63, 3.8) is 0 Å². The molecule has 0 saturated heterocycles. The summed E-state index contributed by atoms with van der Waals surface area (Å²) in [6.45, 7) is 8.28. The molecule has 0 bridgehead atoms. The lowest BCUT2D eigenvalue weighted by Gasteiger charge is -2.22. The molecule has 0 spiro atoms. The summed E-state index contributed by atoms with van der Waals surface area (Å²) in [5, 5.41) is 8.28. The van der Waals surface area contributed by atoms with E-state index >= 15 is 0 Å². The second kappa shape index (κ2) is 7.22. The maximum absolute atomic E-state index is 11.9. The Labute approximate surface area is 97.4 Å². The van der Waals surface area contributed by atoms with Gasteiger partial charge < -0.3 is 16.0 Å². The molecule has 0 radical (unpaired) electrons. The summed E-state index contributed by atoms with van der Waals surface area (Å²) >= 11 is 0. The fourth-order valence-corrected chi connectivity index (χ4v) is 1.44. The topological polar surface area (TPSA) is 70.2 Å². The fraction of sp³-hybridized carbons (Fsp3) is 0.818. The summed E-state index contributed by atoms with van der Waals surface area (Å²) < 4.78 is 0. The fourth-order valence-electron chi connectivity index (χ4n) is 1.44. The van der Waals surface area contributed by atoms with Gasteiger partial charge in [0.25, 0.3) is 0 Å². The first-order valence-corrected chi connectivity index (χ1v) is 5.69. The van der Waals surface area contributed by atoms with Crippen molar-refractivity contribution in [1.82, 2.24) is 16.0 Å². The lowest BCUT2D eigenvalue weighted by Crippen LogP contribution is -2.52. The van der Waals surface area contributed by atoms with Gasteiger partial charge in [0.05, 0.1) is 6.04 Å². The average Bonchev–Trinajstić information content (AvgIpc) is 2.23. The smallest absolute Gasteiger partial charge is 0.242 e. The lowest BCUT2D eigenvalue weighted by molar-refractivity contribution is -0.130.